The lowest BCUT2D eigenvalue weighted by Gasteiger charge is -2.20. The van der Waals surface area contributed by atoms with Crippen LogP contribution in [0.5, 0.6) is 5.75 Å². The van der Waals surface area contributed by atoms with Crippen LogP contribution in [-0.4, -0.2) is 28.0 Å². The molecule has 1 unspecified atom stereocenters. The Hall–Kier alpha value is -2.84. The van der Waals surface area contributed by atoms with Crippen molar-refractivity contribution in [1.82, 2.24) is 5.32 Å². The van der Waals surface area contributed by atoms with Gasteiger partial charge in [-0.2, -0.15) is 0 Å². The summed E-state index contributed by atoms with van der Waals surface area (Å²) in [4.78, 5) is 12.5. The van der Waals surface area contributed by atoms with Gasteiger partial charge in [-0.1, -0.05) is 35.9 Å². The SMILES string of the molecule is Cc1ccc(C(NC(=O)COc2ccc(N(C)S(=O)(=O)c3cccs3)cc2)C2CC2)cc1. The van der Waals surface area contributed by atoms with Gasteiger partial charge in [0.05, 0.1) is 11.7 Å². The molecule has 32 heavy (non-hydrogen) atoms. The Morgan fingerprint density at radius 1 is 1.12 bits per heavy atom. The molecule has 1 fully saturated rings. The molecule has 2 aromatic carbocycles. The number of nitrogens with zero attached hydrogens (tertiary/aromatic N) is 1. The third kappa shape index (κ3) is 5.14. The summed E-state index contributed by atoms with van der Waals surface area (Å²) in [6.45, 7) is 1.95. The number of benzene rings is 2. The first kappa shape index (κ1) is 22.4. The van der Waals surface area contributed by atoms with Crippen molar-refractivity contribution in [2.45, 2.75) is 30.0 Å². The van der Waals surface area contributed by atoms with Crippen molar-refractivity contribution in [3.05, 3.63) is 77.2 Å². The molecule has 1 atom stereocenters. The topological polar surface area (TPSA) is 75.7 Å². The number of ether oxygens (including phenoxy) is 1. The van der Waals surface area contributed by atoms with Crippen LogP contribution in [0.25, 0.3) is 0 Å². The second-order valence-electron chi connectivity index (χ2n) is 7.98. The summed E-state index contributed by atoms with van der Waals surface area (Å²) < 4.78 is 32.4. The average Bonchev–Trinajstić information content (AvgIpc) is 3.48. The molecule has 6 nitrogen and oxygen atoms in total. The molecule has 0 radical (unpaired) electrons. The van der Waals surface area contributed by atoms with E-state index in [9.17, 15) is 13.2 Å². The van der Waals surface area contributed by atoms with Crippen molar-refractivity contribution in [1.29, 1.82) is 0 Å². The predicted molar refractivity (Wildman–Crippen MR) is 127 cm³/mol. The molecule has 3 aromatic rings. The number of hydrogen-bond donors (Lipinski definition) is 1. The number of anilines is 1. The van der Waals surface area contributed by atoms with Crippen molar-refractivity contribution in [3.8, 4) is 5.75 Å². The van der Waals surface area contributed by atoms with E-state index in [1.165, 1.54) is 28.3 Å². The molecule has 1 aliphatic rings. The first-order chi connectivity index (χ1) is 15.3. The zero-order valence-electron chi connectivity index (χ0n) is 18.0. The molecule has 168 valence electrons. The quantitative estimate of drug-likeness (QED) is 0.499. The third-order valence-electron chi connectivity index (χ3n) is 5.53. The number of rotatable bonds is 9. The number of sulfonamides is 1. The smallest absolute Gasteiger partial charge is 0.273 e. The fourth-order valence-corrected chi connectivity index (χ4v) is 5.83. The van der Waals surface area contributed by atoms with Crippen molar-refractivity contribution < 1.29 is 17.9 Å². The van der Waals surface area contributed by atoms with Gasteiger partial charge in [-0.3, -0.25) is 9.10 Å². The maximum atomic E-state index is 12.6. The van der Waals surface area contributed by atoms with E-state index in [1.807, 2.05) is 6.92 Å². The fourth-order valence-electron chi connectivity index (χ4n) is 3.48. The second-order valence-corrected chi connectivity index (χ2v) is 11.1. The lowest BCUT2D eigenvalue weighted by Crippen LogP contribution is -2.33. The highest BCUT2D eigenvalue weighted by molar-refractivity contribution is 7.94. The van der Waals surface area contributed by atoms with Crippen molar-refractivity contribution >= 4 is 33.0 Å². The van der Waals surface area contributed by atoms with Gasteiger partial charge in [-0.25, -0.2) is 8.42 Å². The molecular weight excluding hydrogens is 444 g/mol. The molecule has 0 aliphatic heterocycles. The number of nitrogens with one attached hydrogen (secondary N) is 1. The van der Waals surface area contributed by atoms with E-state index in [0.717, 1.165) is 18.4 Å². The zero-order valence-corrected chi connectivity index (χ0v) is 19.7. The van der Waals surface area contributed by atoms with Crippen molar-refractivity contribution in [2.75, 3.05) is 18.0 Å². The van der Waals surface area contributed by atoms with Gasteiger partial charge in [0, 0.05) is 7.05 Å². The van der Waals surface area contributed by atoms with Crippen LogP contribution in [-0.2, 0) is 14.8 Å². The Kier molecular flexibility index (Phi) is 6.53. The molecule has 1 amide bonds. The number of carbonyl (C=O) groups is 1. The standard InChI is InChI=1S/C24H26N2O4S2/c1-17-5-7-18(8-6-17)24(19-9-10-19)25-22(27)16-30-21-13-11-20(12-14-21)26(2)32(28,29)23-4-3-15-31-23/h3-8,11-15,19,24H,9-10,16H2,1-2H3,(H,25,27). The molecular formula is C24H26N2O4S2. The van der Waals surface area contributed by atoms with E-state index in [-0.39, 0.29) is 22.8 Å². The summed E-state index contributed by atoms with van der Waals surface area (Å²) in [5.41, 5.74) is 2.82. The van der Waals surface area contributed by atoms with Gasteiger partial charge in [0.25, 0.3) is 15.9 Å². The van der Waals surface area contributed by atoms with E-state index in [0.29, 0.717) is 17.4 Å². The number of aryl methyl sites for hydroxylation is 1. The average molecular weight is 471 g/mol. The molecule has 1 aliphatic carbocycles. The Labute approximate surface area is 192 Å². The largest absolute Gasteiger partial charge is 0.484 e. The third-order valence-corrected chi connectivity index (χ3v) is 8.69. The van der Waals surface area contributed by atoms with Crippen LogP contribution in [0.4, 0.5) is 5.69 Å². The number of amides is 1. The Bertz CT molecular complexity index is 1150. The molecule has 1 saturated carbocycles. The fraction of sp³-hybridized carbons (Fsp3) is 0.292. The molecule has 1 heterocycles. The van der Waals surface area contributed by atoms with Crippen LogP contribution in [0.2, 0.25) is 0 Å². The van der Waals surface area contributed by atoms with Crippen LogP contribution in [0.3, 0.4) is 0 Å². The monoisotopic (exact) mass is 470 g/mol. The van der Waals surface area contributed by atoms with E-state index < -0.39 is 10.0 Å². The summed E-state index contributed by atoms with van der Waals surface area (Å²) in [6, 6.07) is 18.2. The van der Waals surface area contributed by atoms with E-state index in [2.05, 4.69) is 29.6 Å². The Morgan fingerprint density at radius 3 is 2.41 bits per heavy atom. The second kappa shape index (κ2) is 9.34. The Balaban J connectivity index is 1.34. The van der Waals surface area contributed by atoms with Gasteiger partial charge >= 0.3 is 0 Å². The lowest BCUT2D eigenvalue weighted by molar-refractivity contribution is -0.124. The number of hydrogen-bond acceptors (Lipinski definition) is 5. The molecule has 4 rings (SSSR count). The number of thiophene rings is 1. The van der Waals surface area contributed by atoms with Crippen LogP contribution in [0.1, 0.15) is 30.0 Å². The minimum Gasteiger partial charge on any atom is -0.484 e. The lowest BCUT2D eigenvalue weighted by atomic mass is 10.0. The molecule has 8 heteroatoms. The highest BCUT2D eigenvalue weighted by Crippen LogP contribution is 2.41. The van der Waals surface area contributed by atoms with Gasteiger partial charge in [-0.05, 0) is 67.0 Å². The summed E-state index contributed by atoms with van der Waals surface area (Å²) >= 11 is 1.18. The summed E-state index contributed by atoms with van der Waals surface area (Å²) in [7, 11) is -2.07. The van der Waals surface area contributed by atoms with Crippen LogP contribution >= 0.6 is 11.3 Å². The van der Waals surface area contributed by atoms with Gasteiger partial charge in [0.1, 0.15) is 9.96 Å². The first-order valence-electron chi connectivity index (χ1n) is 10.5. The highest BCUT2D eigenvalue weighted by Gasteiger charge is 2.33. The van der Waals surface area contributed by atoms with E-state index in [4.69, 9.17) is 4.74 Å². The number of carbonyl (C=O) groups excluding carboxylic acids is 1. The molecule has 0 saturated heterocycles. The minimum absolute atomic E-state index is 0.00480. The zero-order chi connectivity index (χ0) is 22.7. The van der Waals surface area contributed by atoms with Gasteiger partial charge in [0.2, 0.25) is 0 Å². The van der Waals surface area contributed by atoms with Gasteiger partial charge < -0.3 is 10.1 Å². The summed E-state index contributed by atoms with van der Waals surface area (Å²) in [6.07, 6.45) is 2.23. The highest BCUT2D eigenvalue weighted by atomic mass is 32.2. The van der Waals surface area contributed by atoms with Crippen LogP contribution < -0.4 is 14.4 Å². The summed E-state index contributed by atoms with van der Waals surface area (Å²) in [5.74, 6) is 0.801. The normalized spacial score (nSPS) is 14.6. The van der Waals surface area contributed by atoms with E-state index >= 15 is 0 Å². The maximum Gasteiger partial charge on any atom is 0.273 e. The maximum absolute atomic E-state index is 12.6. The van der Waals surface area contributed by atoms with Gasteiger partial charge in [0.15, 0.2) is 6.61 Å². The molecule has 0 bridgehead atoms. The Morgan fingerprint density at radius 2 is 1.81 bits per heavy atom. The molecule has 0 spiro atoms. The van der Waals surface area contributed by atoms with E-state index in [1.54, 1.807) is 41.8 Å². The minimum atomic E-state index is -3.59. The van der Waals surface area contributed by atoms with Crippen molar-refractivity contribution in [3.63, 3.8) is 0 Å². The predicted octanol–water partition coefficient (Wildman–Crippen LogP) is 4.53. The van der Waals surface area contributed by atoms with Gasteiger partial charge in [-0.15, -0.1) is 11.3 Å². The molecule has 1 N–H and O–H groups in total. The first-order valence-corrected chi connectivity index (χ1v) is 12.8. The van der Waals surface area contributed by atoms with Crippen molar-refractivity contribution in [2.24, 2.45) is 5.92 Å². The summed E-state index contributed by atoms with van der Waals surface area (Å²) in [5, 5.41) is 4.83. The van der Waals surface area contributed by atoms with Crippen LogP contribution in [0.15, 0.2) is 70.3 Å². The molecule has 1 aromatic heterocycles. The van der Waals surface area contributed by atoms with Crippen LogP contribution in [0, 0.1) is 12.8 Å².